The lowest BCUT2D eigenvalue weighted by Gasteiger charge is -2.09. The molecule has 0 unspecified atom stereocenters. The summed E-state index contributed by atoms with van der Waals surface area (Å²) in [6.07, 6.45) is 1.04. The standard InChI is InChI=1S/C12H19NO2/c1-3-6-14-7-8-15-12-9-11(13)5-4-10(12)2/h4-5,9H,3,6-8,13H2,1-2H3. The first-order valence-corrected chi connectivity index (χ1v) is 5.30. The van der Waals surface area contributed by atoms with E-state index in [9.17, 15) is 0 Å². The molecule has 0 amide bonds. The topological polar surface area (TPSA) is 44.5 Å². The lowest BCUT2D eigenvalue weighted by molar-refractivity contribution is 0.100. The molecule has 1 rings (SSSR count). The molecule has 3 heteroatoms. The van der Waals surface area contributed by atoms with E-state index in [2.05, 4.69) is 6.92 Å². The fourth-order valence-corrected chi connectivity index (χ4v) is 1.23. The molecule has 1 aromatic carbocycles. The molecule has 3 nitrogen and oxygen atoms in total. The maximum Gasteiger partial charge on any atom is 0.124 e. The SMILES string of the molecule is CCCOCCOc1cc(N)ccc1C. The average molecular weight is 209 g/mol. The van der Waals surface area contributed by atoms with Crippen molar-refractivity contribution >= 4 is 5.69 Å². The molecule has 0 aliphatic rings. The molecule has 0 bridgehead atoms. The normalized spacial score (nSPS) is 10.3. The summed E-state index contributed by atoms with van der Waals surface area (Å²) in [7, 11) is 0. The van der Waals surface area contributed by atoms with Crippen LogP contribution in [0.1, 0.15) is 18.9 Å². The molecule has 0 radical (unpaired) electrons. The van der Waals surface area contributed by atoms with Crippen molar-refractivity contribution in [2.24, 2.45) is 0 Å². The zero-order chi connectivity index (χ0) is 11.1. The van der Waals surface area contributed by atoms with Crippen LogP contribution in [-0.4, -0.2) is 19.8 Å². The van der Waals surface area contributed by atoms with Crippen LogP contribution in [-0.2, 0) is 4.74 Å². The van der Waals surface area contributed by atoms with Gasteiger partial charge in [-0.25, -0.2) is 0 Å². The molecule has 15 heavy (non-hydrogen) atoms. The minimum Gasteiger partial charge on any atom is -0.491 e. The van der Waals surface area contributed by atoms with Crippen molar-refractivity contribution in [2.45, 2.75) is 20.3 Å². The Hall–Kier alpha value is -1.22. The van der Waals surface area contributed by atoms with Crippen LogP contribution < -0.4 is 10.5 Å². The van der Waals surface area contributed by atoms with Crippen molar-refractivity contribution in [1.29, 1.82) is 0 Å². The third kappa shape index (κ3) is 4.21. The smallest absolute Gasteiger partial charge is 0.124 e. The number of nitrogens with two attached hydrogens (primary N) is 1. The summed E-state index contributed by atoms with van der Waals surface area (Å²) in [5.41, 5.74) is 7.49. The first-order valence-electron chi connectivity index (χ1n) is 5.30. The molecular weight excluding hydrogens is 190 g/mol. The summed E-state index contributed by atoms with van der Waals surface area (Å²) in [6, 6.07) is 5.67. The Kier molecular flexibility index (Phi) is 4.98. The monoisotopic (exact) mass is 209 g/mol. The van der Waals surface area contributed by atoms with Gasteiger partial charge in [-0.3, -0.25) is 0 Å². The maximum atomic E-state index is 5.67. The molecular formula is C12H19NO2. The largest absolute Gasteiger partial charge is 0.491 e. The zero-order valence-electron chi connectivity index (χ0n) is 9.45. The van der Waals surface area contributed by atoms with Gasteiger partial charge in [-0.15, -0.1) is 0 Å². The fraction of sp³-hybridized carbons (Fsp3) is 0.500. The summed E-state index contributed by atoms with van der Waals surface area (Å²) < 4.78 is 10.9. The van der Waals surface area contributed by atoms with E-state index in [-0.39, 0.29) is 0 Å². The van der Waals surface area contributed by atoms with Crippen LogP contribution in [0.25, 0.3) is 0 Å². The van der Waals surface area contributed by atoms with Crippen LogP contribution >= 0.6 is 0 Å². The Morgan fingerprint density at radius 1 is 1.20 bits per heavy atom. The van der Waals surface area contributed by atoms with Crippen molar-refractivity contribution in [3.8, 4) is 5.75 Å². The molecule has 0 aromatic heterocycles. The van der Waals surface area contributed by atoms with Gasteiger partial charge in [-0.05, 0) is 25.0 Å². The molecule has 0 heterocycles. The highest BCUT2D eigenvalue weighted by molar-refractivity contribution is 5.47. The second kappa shape index (κ2) is 6.30. The average Bonchev–Trinajstić information content (AvgIpc) is 2.23. The molecule has 2 N–H and O–H groups in total. The maximum absolute atomic E-state index is 5.67. The molecule has 0 aliphatic heterocycles. The summed E-state index contributed by atoms with van der Waals surface area (Å²) in [5.74, 6) is 0.843. The lowest BCUT2D eigenvalue weighted by Crippen LogP contribution is -2.08. The molecule has 84 valence electrons. The van der Waals surface area contributed by atoms with E-state index in [1.807, 2.05) is 25.1 Å². The summed E-state index contributed by atoms with van der Waals surface area (Å²) in [4.78, 5) is 0. The van der Waals surface area contributed by atoms with Crippen LogP contribution in [0.2, 0.25) is 0 Å². The second-order valence-corrected chi connectivity index (χ2v) is 3.49. The van der Waals surface area contributed by atoms with Gasteiger partial charge in [0.1, 0.15) is 12.4 Å². The van der Waals surface area contributed by atoms with E-state index < -0.39 is 0 Å². The number of rotatable bonds is 6. The summed E-state index contributed by atoms with van der Waals surface area (Å²) in [5, 5.41) is 0. The van der Waals surface area contributed by atoms with Gasteiger partial charge in [0.05, 0.1) is 6.61 Å². The Labute approximate surface area is 91.2 Å². The molecule has 0 atom stereocenters. The third-order valence-corrected chi connectivity index (χ3v) is 2.05. The lowest BCUT2D eigenvalue weighted by atomic mass is 10.2. The minimum absolute atomic E-state index is 0.574. The van der Waals surface area contributed by atoms with Crippen molar-refractivity contribution in [3.63, 3.8) is 0 Å². The predicted octanol–water partition coefficient (Wildman–Crippen LogP) is 2.38. The summed E-state index contributed by atoms with van der Waals surface area (Å²) in [6.45, 7) is 6.08. The summed E-state index contributed by atoms with van der Waals surface area (Å²) >= 11 is 0. The van der Waals surface area contributed by atoms with Gasteiger partial charge < -0.3 is 15.2 Å². The highest BCUT2D eigenvalue weighted by atomic mass is 16.5. The van der Waals surface area contributed by atoms with E-state index in [1.165, 1.54) is 0 Å². The first-order chi connectivity index (χ1) is 7.24. The van der Waals surface area contributed by atoms with E-state index in [0.717, 1.165) is 30.0 Å². The van der Waals surface area contributed by atoms with Crippen LogP contribution in [0.5, 0.6) is 5.75 Å². The van der Waals surface area contributed by atoms with E-state index >= 15 is 0 Å². The number of ether oxygens (including phenoxy) is 2. The number of benzene rings is 1. The molecule has 0 saturated heterocycles. The molecule has 1 aromatic rings. The van der Waals surface area contributed by atoms with Crippen molar-refractivity contribution in [3.05, 3.63) is 23.8 Å². The van der Waals surface area contributed by atoms with Crippen LogP contribution in [0, 0.1) is 6.92 Å². The van der Waals surface area contributed by atoms with E-state index in [0.29, 0.717) is 13.2 Å². The van der Waals surface area contributed by atoms with Crippen LogP contribution in [0.15, 0.2) is 18.2 Å². The Morgan fingerprint density at radius 3 is 2.73 bits per heavy atom. The van der Waals surface area contributed by atoms with E-state index in [1.54, 1.807) is 0 Å². The number of hydrogen-bond acceptors (Lipinski definition) is 3. The van der Waals surface area contributed by atoms with Gasteiger partial charge in [-0.1, -0.05) is 13.0 Å². The van der Waals surface area contributed by atoms with Gasteiger partial charge >= 0.3 is 0 Å². The third-order valence-electron chi connectivity index (χ3n) is 2.05. The van der Waals surface area contributed by atoms with E-state index in [4.69, 9.17) is 15.2 Å². The van der Waals surface area contributed by atoms with Crippen LogP contribution in [0.3, 0.4) is 0 Å². The quantitative estimate of drug-likeness (QED) is 0.578. The van der Waals surface area contributed by atoms with Crippen LogP contribution in [0.4, 0.5) is 5.69 Å². The molecule has 0 aliphatic carbocycles. The number of hydrogen-bond donors (Lipinski definition) is 1. The number of nitrogen functional groups attached to an aromatic ring is 1. The molecule has 0 saturated carbocycles. The highest BCUT2D eigenvalue weighted by Crippen LogP contribution is 2.20. The highest BCUT2D eigenvalue weighted by Gasteiger charge is 1.99. The van der Waals surface area contributed by atoms with Gasteiger partial charge in [-0.2, -0.15) is 0 Å². The van der Waals surface area contributed by atoms with Crippen molar-refractivity contribution in [2.75, 3.05) is 25.6 Å². The van der Waals surface area contributed by atoms with Crippen molar-refractivity contribution < 1.29 is 9.47 Å². The molecule has 0 fully saturated rings. The Morgan fingerprint density at radius 2 is 2.00 bits per heavy atom. The first kappa shape index (κ1) is 11.9. The Balaban J connectivity index is 2.33. The number of anilines is 1. The van der Waals surface area contributed by atoms with Gasteiger partial charge in [0.15, 0.2) is 0 Å². The minimum atomic E-state index is 0.574. The number of aryl methyl sites for hydroxylation is 1. The van der Waals surface area contributed by atoms with Gasteiger partial charge in [0.2, 0.25) is 0 Å². The second-order valence-electron chi connectivity index (χ2n) is 3.49. The predicted molar refractivity (Wildman–Crippen MR) is 62.2 cm³/mol. The molecule has 0 spiro atoms. The van der Waals surface area contributed by atoms with Gasteiger partial charge in [0, 0.05) is 18.4 Å². The Bertz CT molecular complexity index is 300. The zero-order valence-corrected chi connectivity index (χ0v) is 9.45. The fourth-order valence-electron chi connectivity index (χ4n) is 1.23. The van der Waals surface area contributed by atoms with Crippen molar-refractivity contribution in [1.82, 2.24) is 0 Å². The van der Waals surface area contributed by atoms with Gasteiger partial charge in [0.25, 0.3) is 0 Å².